The number of nitrogens with zero attached hydrogens (tertiary/aromatic N) is 1. The van der Waals surface area contributed by atoms with E-state index in [1.807, 2.05) is 6.92 Å². The zero-order valence-corrected chi connectivity index (χ0v) is 10.3. The van der Waals surface area contributed by atoms with E-state index < -0.39 is 0 Å². The van der Waals surface area contributed by atoms with E-state index >= 15 is 0 Å². The molecule has 0 aliphatic rings. The lowest BCUT2D eigenvalue weighted by Crippen LogP contribution is -2.37. The van der Waals surface area contributed by atoms with Crippen LogP contribution in [0.25, 0.3) is 0 Å². The van der Waals surface area contributed by atoms with Gasteiger partial charge in [-0.25, -0.2) is 0 Å². The van der Waals surface area contributed by atoms with E-state index in [0.29, 0.717) is 6.61 Å². The first-order chi connectivity index (χ1) is 7.99. The molecular formula is C12H18N2O3. The van der Waals surface area contributed by atoms with Gasteiger partial charge < -0.3 is 20.5 Å². The number of nitrogens with two attached hydrogens (primary N) is 1. The molecule has 0 aromatic heterocycles. The van der Waals surface area contributed by atoms with E-state index in [0.717, 1.165) is 0 Å². The summed E-state index contributed by atoms with van der Waals surface area (Å²) in [6, 6.07) is 4.65. The fourth-order valence-electron chi connectivity index (χ4n) is 1.48. The molecule has 1 unspecified atom stereocenters. The predicted molar refractivity (Wildman–Crippen MR) is 66.0 cm³/mol. The van der Waals surface area contributed by atoms with Crippen LogP contribution in [0.2, 0.25) is 0 Å². The summed E-state index contributed by atoms with van der Waals surface area (Å²) in [6.45, 7) is 2.30. The molecule has 0 aliphatic carbocycles. The number of rotatable bonds is 4. The lowest BCUT2D eigenvalue weighted by Gasteiger charge is -2.24. The summed E-state index contributed by atoms with van der Waals surface area (Å²) in [7, 11) is 3.24. The Hall–Kier alpha value is -1.75. The molecular weight excluding hydrogens is 220 g/mol. The minimum Gasteiger partial charge on any atom is -0.505 e. The third kappa shape index (κ3) is 2.88. The molecule has 0 radical (unpaired) electrons. The zero-order valence-electron chi connectivity index (χ0n) is 10.3. The third-order valence-electron chi connectivity index (χ3n) is 2.69. The largest absolute Gasteiger partial charge is 0.505 e. The Bertz CT molecular complexity index is 407. The van der Waals surface area contributed by atoms with Gasteiger partial charge in [-0.2, -0.15) is 0 Å². The quantitative estimate of drug-likeness (QED) is 0.608. The molecule has 0 aliphatic heterocycles. The summed E-state index contributed by atoms with van der Waals surface area (Å²) >= 11 is 0. The smallest absolute Gasteiger partial charge is 0.257 e. The highest BCUT2D eigenvalue weighted by molar-refractivity contribution is 5.98. The van der Waals surface area contributed by atoms with Crippen LogP contribution in [0.4, 0.5) is 5.69 Å². The summed E-state index contributed by atoms with van der Waals surface area (Å²) in [4.78, 5) is 13.6. The summed E-state index contributed by atoms with van der Waals surface area (Å²) in [5.74, 6) is -0.451. The number of phenolic OH excluding ortho intramolecular Hbond substituents is 1. The number of aromatic hydroxyl groups is 1. The number of likely N-dealkylation sites (N-methyl/N-ethyl adjacent to an activating group) is 1. The van der Waals surface area contributed by atoms with Gasteiger partial charge in [-0.1, -0.05) is 6.07 Å². The first-order valence-electron chi connectivity index (χ1n) is 5.32. The molecule has 1 amide bonds. The first kappa shape index (κ1) is 13.3. The minimum atomic E-state index is -0.278. The first-order valence-corrected chi connectivity index (χ1v) is 5.32. The summed E-state index contributed by atoms with van der Waals surface area (Å²) < 4.78 is 4.98. The maximum atomic E-state index is 12.1. The third-order valence-corrected chi connectivity index (χ3v) is 2.69. The lowest BCUT2D eigenvalue weighted by atomic mass is 10.1. The van der Waals surface area contributed by atoms with E-state index in [9.17, 15) is 9.90 Å². The number of carbonyl (C=O) groups excluding carboxylic acids is 1. The van der Waals surface area contributed by atoms with E-state index in [1.165, 1.54) is 4.90 Å². The van der Waals surface area contributed by atoms with Crippen molar-refractivity contribution >= 4 is 11.6 Å². The highest BCUT2D eigenvalue weighted by atomic mass is 16.5. The van der Waals surface area contributed by atoms with Crippen molar-refractivity contribution in [3.05, 3.63) is 23.8 Å². The standard InChI is InChI=1S/C12H18N2O3/c1-8(7-17-3)14(2)12(16)9-5-4-6-10(13)11(9)15/h4-6,8,15H,7,13H2,1-3H3. The Labute approximate surface area is 101 Å². The second kappa shape index (κ2) is 5.54. The maximum absolute atomic E-state index is 12.1. The molecule has 1 aromatic rings. The van der Waals surface area contributed by atoms with Crippen LogP contribution in [0.15, 0.2) is 18.2 Å². The van der Waals surface area contributed by atoms with Gasteiger partial charge in [0.2, 0.25) is 0 Å². The topological polar surface area (TPSA) is 75.8 Å². The summed E-state index contributed by atoms with van der Waals surface area (Å²) in [5.41, 5.74) is 5.95. The fraction of sp³-hybridized carbons (Fsp3) is 0.417. The van der Waals surface area contributed by atoms with E-state index in [4.69, 9.17) is 10.5 Å². The SMILES string of the molecule is COCC(C)N(C)C(=O)c1cccc(N)c1O. The highest BCUT2D eigenvalue weighted by Gasteiger charge is 2.20. The number of hydrogen-bond donors (Lipinski definition) is 2. The van der Waals surface area contributed by atoms with Gasteiger partial charge in [-0.3, -0.25) is 4.79 Å². The van der Waals surface area contributed by atoms with Crippen LogP contribution in [0.1, 0.15) is 17.3 Å². The minimum absolute atomic E-state index is 0.0756. The van der Waals surface area contributed by atoms with Gasteiger partial charge in [0.1, 0.15) is 0 Å². The Morgan fingerprint density at radius 2 is 2.24 bits per heavy atom. The van der Waals surface area contributed by atoms with Crippen LogP contribution in [0.5, 0.6) is 5.75 Å². The summed E-state index contributed by atoms with van der Waals surface area (Å²) in [5, 5.41) is 9.72. The van der Waals surface area contributed by atoms with Crippen LogP contribution in [-0.4, -0.2) is 42.7 Å². The number of anilines is 1. The molecule has 1 aromatic carbocycles. The number of ether oxygens (including phenoxy) is 1. The van der Waals surface area contributed by atoms with Crippen molar-refractivity contribution in [1.82, 2.24) is 4.90 Å². The molecule has 0 spiro atoms. The van der Waals surface area contributed by atoms with Gasteiger partial charge >= 0.3 is 0 Å². The van der Waals surface area contributed by atoms with Crippen LogP contribution >= 0.6 is 0 Å². The number of nitrogen functional groups attached to an aromatic ring is 1. The van der Waals surface area contributed by atoms with Crippen molar-refractivity contribution in [3.63, 3.8) is 0 Å². The van der Waals surface area contributed by atoms with Gasteiger partial charge in [0.05, 0.1) is 23.9 Å². The molecule has 1 atom stereocenters. The molecule has 0 saturated carbocycles. The van der Waals surface area contributed by atoms with E-state index in [-0.39, 0.29) is 28.9 Å². The van der Waals surface area contributed by atoms with Crippen molar-refractivity contribution in [3.8, 4) is 5.75 Å². The molecule has 3 N–H and O–H groups in total. The van der Waals surface area contributed by atoms with Crippen LogP contribution in [-0.2, 0) is 4.74 Å². The Balaban J connectivity index is 2.93. The number of methoxy groups -OCH3 is 1. The van der Waals surface area contributed by atoms with Crippen LogP contribution in [0, 0.1) is 0 Å². The van der Waals surface area contributed by atoms with Gasteiger partial charge in [-0.15, -0.1) is 0 Å². The Morgan fingerprint density at radius 3 is 2.82 bits per heavy atom. The summed E-state index contributed by atoms with van der Waals surface area (Å²) in [6.07, 6.45) is 0. The maximum Gasteiger partial charge on any atom is 0.257 e. The second-order valence-corrected chi connectivity index (χ2v) is 3.96. The molecule has 94 valence electrons. The number of benzene rings is 1. The van der Waals surface area contributed by atoms with Gasteiger partial charge in [0, 0.05) is 14.2 Å². The highest BCUT2D eigenvalue weighted by Crippen LogP contribution is 2.25. The molecule has 0 heterocycles. The molecule has 5 nitrogen and oxygen atoms in total. The Kier molecular flexibility index (Phi) is 4.34. The molecule has 0 fully saturated rings. The predicted octanol–water partition coefficient (Wildman–Crippen LogP) is 1.08. The van der Waals surface area contributed by atoms with Crippen molar-refractivity contribution in [1.29, 1.82) is 0 Å². The number of carbonyl (C=O) groups is 1. The fourth-order valence-corrected chi connectivity index (χ4v) is 1.48. The van der Waals surface area contributed by atoms with Gasteiger partial charge in [-0.05, 0) is 19.1 Å². The van der Waals surface area contributed by atoms with Crippen molar-refractivity contribution in [2.75, 3.05) is 26.5 Å². The molecule has 1 rings (SSSR count). The van der Waals surface area contributed by atoms with Crippen molar-refractivity contribution in [2.45, 2.75) is 13.0 Å². The monoisotopic (exact) mass is 238 g/mol. The van der Waals surface area contributed by atoms with E-state index in [1.54, 1.807) is 32.4 Å². The molecule has 0 saturated heterocycles. The molecule has 17 heavy (non-hydrogen) atoms. The number of phenols is 1. The van der Waals surface area contributed by atoms with Gasteiger partial charge in [0.25, 0.3) is 5.91 Å². The van der Waals surface area contributed by atoms with Crippen molar-refractivity contribution in [2.24, 2.45) is 0 Å². The lowest BCUT2D eigenvalue weighted by molar-refractivity contribution is 0.0631. The zero-order chi connectivity index (χ0) is 13.0. The second-order valence-electron chi connectivity index (χ2n) is 3.96. The van der Waals surface area contributed by atoms with Crippen molar-refractivity contribution < 1.29 is 14.6 Å². The van der Waals surface area contributed by atoms with Crippen LogP contribution in [0.3, 0.4) is 0 Å². The van der Waals surface area contributed by atoms with Crippen LogP contribution < -0.4 is 5.73 Å². The number of amides is 1. The van der Waals surface area contributed by atoms with E-state index in [2.05, 4.69) is 0 Å². The molecule has 0 bridgehead atoms. The normalized spacial score (nSPS) is 12.2. The Morgan fingerprint density at radius 1 is 1.59 bits per heavy atom. The average Bonchev–Trinajstić information content (AvgIpc) is 2.31. The number of para-hydroxylation sites is 1. The van der Waals surface area contributed by atoms with Gasteiger partial charge in [0.15, 0.2) is 5.75 Å². The average molecular weight is 238 g/mol. The number of hydrogen-bond acceptors (Lipinski definition) is 4. The molecule has 5 heteroatoms.